The van der Waals surface area contributed by atoms with Crippen molar-refractivity contribution in [1.29, 1.82) is 0 Å². The molecule has 8 nitrogen and oxygen atoms in total. The third-order valence-electron chi connectivity index (χ3n) is 4.83. The van der Waals surface area contributed by atoms with Gasteiger partial charge in [-0.1, -0.05) is 12.1 Å². The molecule has 31 heavy (non-hydrogen) atoms. The highest BCUT2D eigenvalue weighted by molar-refractivity contribution is 5.94. The highest BCUT2D eigenvalue weighted by atomic mass is 19.1. The van der Waals surface area contributed by atoms with Crippen molar-refractivity contribution in [2.45, 2.75) is 33.0 Å². The zero-order chi connectivity index (χ0) is 22.5. The van der Waals surface area contributed by atoms with Gasteiger partial charge >= 0.3 is 0 Å². The molecular weight excluding hydrogens is 401 g/mol. The lowest BCUT2D eigenvalue weighted by Gasteiger charge is -2.14. The van der Waals surface area contributed by atoms with E-state index >= 15 is 0 Å². The summed E-state index contributed by atoms with van der Waals surface area (Å²) in [6.45, 7) is 3.68. The smallest absolute Gasteiger partial charge is 0.253 e. The van der Waals surface area contributed by atoms with Crippen LogP contribution in [0.2, 0.25) is 0 Å². The number of aryl methyl sites for hydroxylation is 2. The second kappa shape index (κ2) is 9.38. The Morgan fingerprint density at radius 2 is 1.84 bits per heavy atom. The molecule has 3 rings (SSSR count). The van der Waals surface area contributed by atoms with Gasteiger partial charge in [0.1, 0.15) is 12.4 Å². The molecule has 0 aliphatic rings. The van der Waals surface area contributed by atoms with Crippen molar-refractivity contribution in [3.8, 4) is 0 Å². The monoisotopic (exact) mass is 425 g/mol. The maximum atomic E-state index is 13.0. The van der Waals surface area contributed by atoms with Crippen LogP contribution in [0.5, 0.6) is 0 Å². The number of amides is 2. The van der Waals surface area contributed by atoms with Crippen LogP contribution in [-0.2, 0) is 24.9 Å². The highest BCUT2D eigenvalue weighted by Crippen LogP contribution is 2.16. The van der Waals surface area contributed by atoms with E-state index < -0.39 is 11.5 Å². The van der Waals surface area contributed by atoms with Gasteiger partial charge in [0.2, 0.25) is 5.91 Å². The van der Waals surface area contributed by atoms with Crippen LogP contribution < -0.4 is 16.2 Å². The third-order valence-corrected chi connectivity index (χ3v) is 4.83. The van der Waals surface area contributed by atoms with Crippen LogP contribution in [0.4, 0.5) is 4.39 Å². The quantitative estimate of drug-likeness (QED) is 0.604. The largest absolute Gasteiger partial charge is 0.350 e. The van der Waals surface area contributed by atoms with E-state index in [4.69, 9.17) is 0 Å². The topological polar surface area (TPSA) is 98.0 Å². The average Bonchev–Trinajstić information content (AvgIpc) is 3.07. The maximum absolute atomic E-state index is 13.0. The van der Waals surface area contributed by atoms with Crippen LogP contribution in [0, 0.1) is 12.7 Å². The first-order chi connectivity index (χ1) is 14.7. The van der Waals surface area contributed by atoms with Crippen molar-refractivity contribution in [1.82, 2.24) is 25.0 Å². The van der Waals surface area contributed by atoms with Crippen molar-refractivity contribution < 1.29 is 14.0 Å². The van der Waals surface area contributed by atoms with E-state index in [2.05, 4.69) is 15.7 Å². The molecule has 9 heteroatoms. The lowest BCUT2D eigenvalue weighted by molar-refractivity contribution is -0.121. The number of benzene rings is 1. The van der Waals surface area contributed by atoms with Crippen molar-refractivity contribution in [3.05, 3.63) is 87.3 Å². The fourth-order valence-electron chi connectivity index (χ4n) is 3.20. The normalized spacial score (nSPS) is 11.7. The van der Waals surface area contributed by atoms with Gasteiger partial charge in [0.25, 0.3) is 11.5 Å². The molecule has 1 aromatic carbocycles. The van der Waals surface area contributed by atoms with Crippen LogP contribution >= 0.6 is 0 Å². The fourth-order valence-corrected chi connectivity index (χ4v) is 3.20. The summed E-state index contributed by atoms with van der Waals surface area (Å²) < 4.78 is 15.8. The number of hydrogen-bond donors (Lipinski definition) is 2. The molecule has 2 aromatic heterocycles. The van der Waals surface area contributed by atoms with Gasteiger partial charge < -0.3 is 15.2 Å². The number of carbonyl (C=O) groups is 2. The molecule has 2 amide bonds. The standard InChI is InChI=1S/C22H24FN5O3/c1-14(19-12-27(3)26-15(19)2)25-22(31)17-6-9-21(30)28(11-17)13-20(29)24-10-16-4-7-18(23)8-5-16/h4-9,11-12,14H,10,13H2,1-3H3,(H,24,29)(H,25,31)/t14-/m1/s1. The number of aromatic nitrogens is 3. The zero-order valence-corrected chi connectivity index (χ0v) is 17.6. The number of pyridine rings is 1. The van der Waals surface area contributed by atoms with Gasteiger partial charge in [-0.05, 0) is 37.6 Å². The minimum atomic E-state index is -0.400. The van der Waals surface area contributed by atoms with Gasteiger partial charge in [0, 0.05) is 37.6 Å². The summed E-state index contributed by atoms with van der Waals surface area (Å²) >= 11 is 0. The van der Waals surface area contributed by atoms with Gasteiger partial charge in [-0.3, -0.25) is 19.1 Å². The molecule has 0 aliphatic carbocycles. The van der Waals surface area contributed by atoms with Gasteiger partial charge in [-0.2, -0.15) is 5.10 Å². The van der Waals surface area contributed by atoms with Crippen LogP contribution in [0.1, 0.15) is 40.1 Å². The molecule has 162 valence electrons. The summed E-state index contributed by atoms with van der Waals surface area (Å²) in [4.78, 5) is 37.0. The molecule has 0 spiro atoms. The van der Waals surface area contributed by atoms with Crippen LogP contribution in [0.15, 0.2) is 53.6 Å². The summed E-state index contributed by atoms with van der Waals surface area (Å²) in [5.41, 5.74) is 2.31. The lowest BCUT2D eigenvalue weighted by atomic mass is 10.1. The predicted molar refractivity (Wildman–Crippen MR) is 113 cm³/mol. The van der Waals surface area contributed by atoms with Gasteiger partial charge in [0.05, 0.1) is 17.3 Å². The molecule has 0 unspecified atom stereocenters. The molecule has 2 N–H and O–H groups in total. The van der Waals surface area contributed by atoms with Crippen molar-refractivity contribution >= 4 is 11.8 Å². The maximum Gasteiger partial charge on any atom is 0.253 e. The zero-order valence-electron chi connectivity index (χ0n) is 17.6. The van der Waals surface area contributed by atoms with E-state index in [1.807, 2.05) is 27.1 Å². The van der Waals surface area contributed by atoms with Crippen LogP contribution in [-0.4, -0.2) is 26.2 Å². The van der Waals surface area contributed by atoms with Gasteiger partial charge in [0.15, 0.2) is 0 Å². The first-order valence-electron chi connectivity index (χ1n) is 9.75. The lowest BCUT2D eigenvalue weighted by Crippen LogP contribution is -2.33. The molecule has 0 bridgehead atoms. The molecular formula is C22H24FN5O3. The minimum Gasteiger partial charge on any atom is -0.350 e. The fraction of sp³-hybridized carbons (Fsp3) is 0.273. The second-order valence-corrected chi connectivity index (χ2v) is 7.33. The number of rotatable bonds is 7. The van der Waals surface area contributed by atoms with E-state index in [0.717, 1.165) is 16.8 Å². The van der Waals surface area contributed by atoms with E-state index in [-0.39, 0.29) is 36.4 Å². The summed E-state index contributed by atoms with van der Waals surface area (Å²) in [5, 5.41) is 9.82. The molecule has 3 aromatic rings. The van der Waals surface area contributed by atoms with Crippen molar-refractivity contribution in [2.75, 3.05) is 0 Å². The van der Waals surface area contributed by atoms with E-state index in [1.165, 1.54) is 35.0 Å². The van der Waals surface area contributed by atoms with E-state index in [9.17, 15) is 18.8 Å². The minimum absolute atomic E-state index is 0.204. The first-order valence-corrected chi connectivity index (χ1v) is 9.75. The molecule has 0 aliphatic heterocycles. The Kier molecular flexibility index (Phi) is 6.64. The van der Waals surface area contributed by atoms with Crippen molar-refractivity contribution in [2.24, 2.45) is 7.05 Å². The highest BCUT2D eigenvalue weighted by Gasteiger charge is 2.16. The Labute approximate surface area is 178 Å². The SMILES string of the molecule is Cc1nn(C)cc1[C@@H](C)NC(=O)c1ccc(=O)n(CC(=O)NCc2ccc(F)cc2)c1. The Balaban J connectivity index is 1.64. The molecule has 0 saturated heterocycles. The third kappa shape index (κ3) is 5.65. The summed E-state index contributed by atoms with van der Waals surface area (Å²) in [6, 6.07) is 8.15. The van der Waals surface area contributed by atoms with Crippen molar-refractivity contribution in [3.63, 3.8) is 0 Å². The number of hydrogen-bond acceptors (Lipinski definition) is 4. The summed E-state index contributed by atoms with van der Waals surface area (Å²) in [5.74, 6) is -1.12. The molecule has 0 fully saturated rings. The molecule has 2 heterocycles. The molecule has 1 atom stereocenters. The molecule has 0 saturated carbocycles. The average molecular weight is 425 g/mol. The second-order valence-electron chi connectivity index (χ2n) is 7.33. The summed E-state index contributed by atoms with van der Waals surface area (Å²) in [7, 11) is 1.81. The number of nitrogens with one attached hydrogen (secondary N) is 2. The van der Waals surface area contributed by atoms with Gasteiger partial charge in [-0.15, -0.1) is 0 Å². The summed E-state index contributed by atoms with van der Waals surface area (Å²) in [6.07, 6.45) is 3.20. The molecule has 0 radical (unpaired) electrons. The van der Waals surface area contributed by atoms with Gasteiger partial charge in [-0.25, -0.2) is 4.39 Å². The first kappa shape index (κ1) is 21.9. The predicted octanol–water partition coefficient (Wildman–Crippen LogP) is 1.84. The Bertz CT molecular complexity index is 1150. The van der Waals surface area contributed by atoms with E-state index in [0.29, 0.717) is 0 Å². The number of halogens is 1. The Hall–Kier alpha value is -3.75. The van der Waals surface area contributed by atoms with Crippen LogP contribution in [0.25, 0.3) is 0 Å². The Morgan fingerprint density at radius 3 is 2.48 bits per heavy atom. The number of nitrogens with zero attached hydrogens (tertiary/aromatic N) is 3. The van der Waals surface area contributed by atoms with Crippen LogP contribution in [0.3, 0.4) is 0 Å². The number of carbonyl (C=O) groups excluding carboxylic acids is 2. The Morgan fingerprint density at radius 1 is 1.13 bits per heavy atom. The van der Waals surface area contributed by atoms with E-state index in [1.54, 1.807) is 16.8 Å².